The number of hydrogen-bond donors (Lipinski definition) is 0. The average molecular weight is 294 g/mol. The molecule has 1 aromatic rings. The smallest absolute Gasteiger partial charge is 0.0718 e. The molecule has 1 spiro atoms. The zero-order valence-electron chi connectivity index (χ0n) is 12.7. The lowest BCUT2D eigenvalue weighted by atomic mass is 9.85. The monoisotopic (exact) mass is 294 g/mol. The molecule has 0 bridgehead atoms. The first-order valence-electron chi connectivity index (χ1n) is 8.05. The van der Waals surface area contributed by atoms with Gasteiger partial charge in [0.05, 0.1) is 17.3 Å². The molecule has 0 N–H and O–H groups in total. The number of aryl methyl sites for hydroxylation is 2. The summed E-state index contributed by atoms with van der Waals surface area (Å²) in [7, 11) is 0. The molecule has 1 atom stereocenters. The fourth-order valence-corrected chi connectivity index (χ4v) is 4.78. The fraction of sp³-hybridized carbons (Fsp3) is 0.812. The Morgan fingerprint density at radius 3 is 2.85 bits per heavy atom. The van der Waals surface area contributed by atoms with Crippen molar-refractivity contribution in [2.24, 2.45) is 0 Å². The lowest BCUT2D eigenvalue weighted by Crippen LogP contribution is -2.43. The Balaban J connectivity index is 1.80. The van der Waals surface area contributed by atoms with Crippen LogP contribution in [0.5, 0.6) is 0 Å². The Labute approximate surface area is 126 Å². The largest absolute Gasteiger partial charge is 0.375 e. The molecule has 2 aliphatic rings. The summed E-state index contributed by atoms with van der Waals surface area (Å²) >= 11 is 2.07. The van der Waals surface area contributed by atoms with Crippen molar-refractivity contribution in [1.29, 1.82) is 0 Å². The molecule has 1 unspecified atom stereocenters. The highest BCUT2D eigenvalue weighted by atomic mass is 32.2. The third-order valence-corrected chi connectivity index (χ3v) is 5.79. The molecular weight excluding hydrogens is 268 g/mol. The minimum atomic E-state index is 0.150. The van der Waals surface area contributed by atoms with Gasteiger partial charge in [-0.05, 0) is 56.1 Å². The quantitative estimate of drug-likeness (QED) is 0.852. The molecule has 0 radical (unpaired) electrons. The van der Waals surface area contributed by atoms with Crippen molar-refractivity contribution in [3.05, 3.63) is 17.5 Å². The van der Waals surface area contributed by atoms with Crippen LogP contribution in [-0.4, -0.2) is 33.5 Å². The van der Waals surface area contributed by atoms with Gasteiger partial charge in [-0.3, -0.25) is 4.68 Å². The van der Waals surface area contributed by atoms with E-state index in [2.05, 4.69) is 36.4 Å². The van der Waals surface area contributed by atoms with E-state index < -0.39 is 0 Å². The van der Waals surface area contributed by atoms with Gasteiger partial charge >= 0.3 is 0 Å². The topological polar surface area (TPSA) is 27.1 Å². The van der Waals surface area contributed by atoms with Crippen molar-refractivity contribution < 1.29 is 4.74 Å². The van der Waals surface area contributed by atoms with E-state index >= 15 is 0 Å². The van der Waals surface area contributed by atoms with Crippen molar-refractivity contribution in [2.45, 2.75) is 64.0 Å². The maximum absolute atomic E-state index is 6.21. The van der Waals surface area contributed by atoms with E-state index in [-0.39, 0.29) is 5.60 Å². The summed E-state index contributed by atoms with van der Waals surface area (Å²) in [5, 5.41) is 4.86. The molecule has 2 aliphatic heterocycles. The van der Waals surface area contributed by atoms with Crippen LogP contribution < -0.4 is 0 Å². The second-order valence-electron chi connectivity index (χ2n) is 6.07. The van der Waals surface area contributed by atoms with Crippen LogP contribution in [0, 0.1) is 0 Å². The summed E-state index contributed by atoms with van der Waals surface area (Å²) in [5.74, 6) is 2.51. The molecule has 0 saturated carbocycles. The van der Waals surface area contributed by atoms with Crippen LogP contribution in [0.2, 0.25) is 0 Å². The van der Waals surface area contributed by atoms with Gasteiger partial charge in [-0.2, -0.15) is 16.9 Å². The molecule has 0 aliphatic carbocycles. The summed E-state index contributed by atoms with van der Waals surface area (Å²) in [5.41, 5.74) is 2.79. The molecule has 3 heterocycles. The maximum atomic E-state index is 6.21. The molecule has 2 fully saturated rings. The summed E-state index contributed by atoms with van der Waals surface area (Å²) in [6.45, 7) is 5.33. The van der Waals surface area contributed by atoms with Gasteiger partial charge in [-0.15, -0.1) is 0 Å². The Morgan fingerprint density at radius 1 is 1.35 bits per heavy atom. The predicted molar refractivity (Wildman–Crippen MR) is 84.5 cm³/mol. The maximum Gasteiger partial charge on any atom is 0.0718 e. The number of hydrogen-bond acceptors (Lipinski definition) is 3. The summed E-state index contributed by atoms with van der Waals surface area (Å²) in [4.78, 5) is 0. The van der Waals surface area contributed by atoms with E-state index in [0.29, 0.717) is 6.04 Å². The van der Waals surface area contributed by atoms with Crippen LogP contribution in [0.1, 0.15) is 57.0 Å². The van der Waals surface area contributed by atoms with Crippen molar-refractivity contribution >= 4 is 11.8 Å². The van der Waals surface area contributed by atoms with Crippen LogP contribution in [-0.2, 0) is 17.6 Å². The van der Waals surface area contributed by atoms with Crippen LogP contribution in [0.4, 0.5) is 0 Å². The van der Waals surface area contributed by atoms with Crippen molar-refractivity contribution in [3.8, 4) is 0 Å². The van der Waals surface area contributed by atoms with Crippen LogP contribution in [0.3, 0.4) is 0 Å². The molecule has 4 heteroatoms. The van der Waals surface area contributed by atoms with Gasteiger partial charge in [-0.1, -0.05) is 13.8 Å². The molecule has 20 heavy (non-hydrogen) atoms. The minimum Gasteiger partial charge on any atom is -0.375 e. The van der Waals surface area contributed by atoms with E-state index in [1.807, 2.05) is 0 Å². The normalized spacial score (nSPS) is 26.0. The van der Waals surface area contributed by atoms with Crippen LogP contribution in [0.15, 0.2) is 6.07 Å². The van der Waals surface area contributed by atoms with Crippen molar-refractivity contribution in [3.63, 3.8) is 0 Å². The van der Waals surface area contributed by atoms with Gasteiger partial charge < -0.3 is 4.74 Å². The Hall–Kier alpha value is -0.480. The first kappa shape index (κ1) is 14.5. The van der Waals surface area contributed by atoms with Crippen LogP contribution >= 0.6 is 11.8 Å². The van der Waals surface area contributed by atoms with Crippen molar-refractivity contribution in [1.82, 2.24) is 9.78 Å². The van der Waals surface area contributed by atoms with E-state index in [1.54, 1.807) is 0 Å². The SMILES string of the molecule is CCc1cc(CC)n(C2CCOC3(CCSCC3)C2)n1. The van der Waals surface area contributed by atoms with Crippen LogP contribution in [0.25, 0.3) is 0 Å². The average Bonchev–Trinajstić information content (AvgIpc) is 2.91. The van der Waals surface area contributed by atoms with E-state index in [0.717, 1.165) is 32.3 Å². The molecule has 1 aromatic heterocycles. The summed E-state index contributed by atoms with van der Waals surface area (Å²) in [6.07, 6.45) is 6.82. The fourth-order valence-electron chi connectivity index (χ4n) is 3.55. The Bertz CT molecular complexity index is 446. The highest BCUT2D eigenvalue weighted by Gasteiger charge is 2.39. The van der Waals surface area contributed by atoms with E-state index in [9.17, 15) is 0 Å². The molecule has 112 valence electrons. The zero-order valence-corrected chi connectivity index (χ0v) is 13.5. The molecule has 3 rings (SSSR count). The lowest BCUT2D eigenvalue weighted by Gasteiger charge is -2.43. The third kappa shape index (κ3) is 2.77. The number of aromatic nitrogens is 2. The first-order chi connectivity index (χ1) is 9.76. The molecule has 3 nitrogen and oxygen atoms in total. The standard InChI is InChI=1S/C16H26N2OS/c1-3-13-11-14(4-2)18(17-13)15-5-8-19-16(12-15)6-9-20-10-7-16/h11,15H,3-10,12H2,1-2H3. The minimum absolute atomic E-state index is 0.150. The first-order valence-corrected chi connectivity index (χ1v) is 9.21. The van der Waals surface area contributed by atoms with E-state index in [1.165, 1.54) is 35.7 Å². The lowest BCUT2D eigenvalue weighted by molar-refractivity contribution is -0.101. The second-order valence-corrected chi connectivity index (χ2v) is 7.29. The third-order valence-electron chi connectivity index (χ3n) is 4.81. The predicted octanol–water partition coefficient (Wildman–Crippen LogP) is 3.63. The molecular formula is C16H26N2OS. The molecule has 2 saturated heterocycles. The molecule has 0 amide bonds. The second kappa shape index (κ2) is 6.10. The van der Waals surface area contributed by atoms with Gasteiger partial charge in [0, 0.05) is 12.3 Å². The number of ether oxygens (including phenoxy) is 1. The number of rotatable bonds is 3. The van der Waals surface area contributed by atoms with Crippen molar-refractivity contribution in [2.75, 3.05) is 18.1 Å². The highest BCUT2D eigenvalue weighted by molar-refractivity contribution is 7.99. The van der Waals surface area contributed by atoms with Gasteiger partial charge in [0.25, 0.3) is 0 Å². The van der Waals surface area contributed by atoms with Gasteiger partial charge in [-0.25, -0.2) is 0 Å². The highest BCUT2D eigenvalue weighted by Crippen LogP contribution is 2.41. The Kier molecular flexibility index (Phi) is 4.41. The molecule has 0 aromatic carbocycles. The Morgan fingerprint density at radius 2 is 2.15 bits per heavy atom. The summed E-state index contributed by atoms with van der Waals surface area (Å²) in [6, 6.07) is 2.83. The zero-order chi connectivity index (χ0) is 14.0. The van der Waals surface area contributed by atoms with Gasteiger partial charge in [0.1, 0.15) is 0 Å². The van der Waals surface area contributed by atoms with Gasteiger partial charge in [0.15, 0.2) is 0 Å². The summed E-state index contributed by atoms with van der Waals surface area (Å²) < 4.78 is 8.53. The van der Waals surface area contributed by atoms with E-state index in [4.69, 9.17) is 9.84 Å². The van der Waals surface area contributed by atoms with Gasteiger partial charge in [0.2, 0.25) is 0 Å². The number of thioether (sulfide) groups is 1. The number of nitrogens with zero attached hydrogens (tertiary/aromatic N) is 2.